The molecule has 146 valence electrons. The van der Waals surface area contributed by atoms with E-state index in [4.69, 9.17) is 4.42 Å². The molecule has 0 saturated carbocycles. The van der Waals surface area contributed by atoms with E-state index in [0.717, 1.165) is 16.7 Å². The zero-order valence-corrected chi connectivity index (χ0v) is 16.7. The number of nitrogens with zero attached hydrogens (tertiary/aromatic N) is 2. The summed E-state index contributed by atoms with van der Waals surface area (Å²) < 4.78 is 19.7. The summed E-state index contributed by atoms with van der Waals surface area (Å²) in [4.78, 5) is 19.0. The van der Waals surface area contributed by atoms with E-state index in [-0.39, 0.29) is 18.3 Å². The van der Waals surface area contributed by atoms with Crippen molar-refractivity contribution in [2.24, 2.45) is 0 Å². The Morgan fingerprint density at radius 2 is 1.69 bits per heavy atom. The Hall–Kier alpha value is -3.12. The van der Waals surface area contributed by atoms with Crippen LogP contribution < -0.4 is 0 Å². The minimum absolute atomic E-state index is 0.151. The third-order valence-corrected chi connectivity index (χ3v) is 5.46. The quantitative estimate of drug-likeness (QED) is 0.395. The Bertz CT molecular complexity index is 1130. The van der Waals surface area contributed by atoms with Gasteiger partial charge in [0.05, 0.1) is 0 Å². The van der Waals surface area contributed by atoms with E-state index >= 15 is 0 Å². The number of para-hydroxylation sites is 2. The number of oxazole rings is 1. The van der Waals surface area contributed by atoms with Crippen molar-refractivity contribution >= 4 is 28.8 Å². The molecule has 29 heavy (non-hydrogen) atoms. The van der Waals surface area contributed by atoms with Crippen LogP contribution in [0.4, 0.5) is 4.39 Å². The number of hydrogen-bond donors (Lipinski definition) is 0. The summed E-state index contributed by atoms with van der Waals surface area (Å²) in [6.07, 6.45) is 0. The molecule has 0 radical (unpaired) electrons. The number of fused-ring (bicyclic) bond motifs is 1. The molecule has 0 aliphatic rings. The first kappa shape index (κ1) is 19.2. The molecule has 3 aromatic carbocycles. The van der Waals surface area contributed by atoms with Crippen molar-refractivity contribution in [3.63, 3.8) is 0 Å². The van der Waals surface area contributed by atoms with Gasteiger partial charge in [0, 0.05) is 30.5 Å². The number of carbonyl (C=O) groups excluding carboxylic acids is 1. The van der Waals surface area contributed by atoms with Crippen LogP contribution in [0.3, 0.4) is 0 Å². The van der Waals surface area contributed by atoms with Crippen LogP contribution in [0.15, 0.2) is 82.4 Å². The molecule has 0 aliphatic heterocycles. The molecule has 0 bridgehead atoms. The molecule has 1 aromatic heterocycles. The number of carbonyl (C=O) groups is 1. The molecule has 1 amide bonds. The fourth-order valence-electron chi connectivity index (χ4n) is 3.07. The van der Waals surface area contributed by atoms with E-state index in [0.29, 0.717) is 22.1 Å². The van der Waals surface area contributed by atoms with E-state index in [2.05, 4.69) is 4.98 Å². The molecule has 0 aliphatic carbocycles. The lowest BCUT2D eigenvalue weighted by Gasteiger charge is -2.19. The van der Waals surface area contributed by atoms with E-state index in [1.54, 1.807) is 31.3 Å². The zero-order valence-electron chi connectivity index (χ0n) is 15.8. The summed E-state index contributed by atoms with van der Waals surface area (Å²) in [6, 6.07) is 21.5. The number of hydrogen-bond acceptors (Lipinski definition) is 4. The molecule has 1 heterocycles. The molecule has 0 unspecified atom stereocenters. The van der Waals surface area contributed by atoms with Crippen LogP contribution >= 0.6 is 11.8 Å². The molecule has 0 fully saturated rings. The predicted octanol–water partition coefficient (Wildman–Crippen LogP) is 5.53. The molecule has 6 heteroatoms. The summed E-state index contributed by atoms with van der Waals surface area (Å²) in [5, 5.41) is 0.563. The number of thioether (sulfide) groups is 1. The number of halogens is 1. The van der Waals surface area contributed by atoms with E-state index < -0.39 is 0 Å². The highest BCUT2D eigenvalue weighted by molar-refractivity contribution is 7.98. The van der Waals surface area contributed by atoms with Crippen LogP contribution in [0.1, 0.15) is 21.5 Å². The van der Waals surface area contributed by atoms with Gasteiger partial charge in [0.2, 0.25) is 0 Å². The smallest absolute Gasteiger partial charge is 0.257 e. The highest BCUT2D eigenvalue weighted by Gasteiger charge is 2.17. The van der Waals surface area contributed by atoms with E-state index in [1.165, 1.54) is 22.7 Å². The average molecular weight is 406 g/mol. The largest absolute Gasteiger partial charge is 0.431 e. The normalized spacial score (nSPS) is 11.0. The lowest BCUT2D eigenvalue weighted by Crippen LogP contribution is -2.27. The Balaban J connectivity index is 1.49. The summed E-state index contributed by atoms with van der Waals surface area (Å²) in [6.45, 7) is 0.206. The first-order valence-corrected chi connectivity index (χ1v) is 10.2. The summed E-state index contributed by atoms with van der Waals surface area (Å²) >= 11 is 1.44. The maximum atomic E-state index is 13.9. The standard InChI is InChI=1S/C23H19FN2O2S/c1-26(14-16-8-3-5-11-19(16)24)22(27)18-10-4-2-9-17(18)15-29-23-25-20-12-6-7-13-21(20)28-23/h2-13H,14-15H2,1H3. The number of benzene rings is 3. The van der Waals surface area contributed by atoms with Gasteiger partial charge in [-0.15, -0.1) is 0 Å². The van der Waals surface area contributed by atoms with Crippen LogP contribution in [0.5, 0.6) is 0 Å². The Kier molecular flexibility index (Phi) is 5.62. The third kappa shape index (κ3) is 4.32. The van der Waals surface area contributed by atoms with Crippen LogP contribution in [-0.4, -0.2) is 22.8 Å². The van der Waals surface area contributed by atoms with E-state index in [1.807, 2.05) is 42.5 Å². The molecule has 4 nitrogen and oxygen atoms in total. The van der Waals surface area contributed by atoms with Gasteiger partial charge in [0.1, 0.15) is 11.3 Å². The third-order valence-electron chi connectivity index (χ3n) is 4.59. The fraction of sp³-hybridized carbons (Fsp3) is 0.130. The molecule has 0 N–H and O–H groups in total. The maximum Gasteiger partial charge on any atom is 0.257 e. The monoisotopic (exact) mass is 406 g/mol. The SMILES string of the molecule is CN(Cc1ccccc1F)C(=O)c1ccccc1CSc1nc2ccccc2o1. The molecule has 4 rings (SSSR count). The summed E-state index contributed by atoms with van der Waals surface area (Å²) in [5.41, 5.74) is 3.51. The van der Waals surface area contributed by atoms with Crippen molar-refractivity contribution in [1.29, 1.82) is 0 Å². The Morgan fingerprint density at radius 1 is 1.00 bits per heavy atom. The topological polar surface area (TPSA) is 46.3 Å². The first-order chi connectivity index (χ1) is 14.1. The second-order valence-electron chi connectivity index (χ2n) is 6.65. The van der Waals surface area contributed by atoms with Gasteiger partial charge in [-0.3, -0.25) is 4.79 Å². The van der Waals surface area contributed by atoms with Gasteiger partial charge in [0.15, 0.2) is 5.58 Å². The molecule has 4 aromatic rings. The first-order valence-electron chi connectivity index (χ1n) is 9.17. The van der Waals surface area contributed by atoms with Crippen LogP contribution in [0, 0.1) is 5.82 Å². The average Bonchev–Trinajstić information content (AvgIpc) is 3.16. The van der Waals surface area contributed by atoms with Gasteiger partial charge in [-0.05, 0) is 29.8 Å². The lowest BCUT2D eigenvalue weighted by molar-refractivity contribution is 0.0783. The number of aromatic nitrogens is 1. The van der Waals surface area contributed by atoms with Gasteiger partial charge in [0.25, 0.3) is 11.1 Å². The fourth-order valence-corrected chi connectivity index (χ4v) is 3.91. The predicted molar refractivity (Wildman–Crippen MR) is 112 cm³/mol. The minimum atomic E-state index is -0.313. The van der Waals surface area contributed by atoms with Crippen molar-refractivity contribution in [2.75, 3.05) is 7.05 Å². The number of rotatable bonds is 6. The minimum Gasteiger partial charge on any atom is -0.431 e. The van der Waals surface area contributed by atoms with Crippen molar-refractivity contribution in [1.82, 2.24) is 9.88 Å². The van der Waals surface area contributed by atoms with Crippen LogP contribution in [0.25, 0.3) is 11.1 Å². The van der Waals surface area contributed by atoms with Gasteiger partial charge in [-0.25, -0.2) is 9.37 Å². The number of amides is 1. The molecular weight excluding hydrogens is 387 g/mol. The second kappa shape index (κ2) is 8.49. The molecule has 0 spiro atoms. The van der Waals surface area contributed by atoms with Gasteiger partial charge < -0.3 is 9.32 Å². The highest BCUT2D eigenvalue weighted by atomic mass is 32.2. The molecule has 0 atom stereocenters. The second-order valence-corrected chi connectivity index (χ2v) is 7.57. The Labute approximate surface area is 172 Å². The van der Waals surface area contributed by atoms with Crippen molar-refractivity contribution in [3.8, 4) is 0 Å². The van der Waals surface area contributed by atoms with Crippen molar-refractivity contribution in [3.05, 3.63) is 95.3 Å². The van der Waals surface area contributed by atoms with Crippen molar-refractivity contribution in [2.45, 2.75) is 17.5 Å². The van der Waals surface area contributed by atoms with E-state index in [9.17, 15) is 9.18 Å². The van der Waals surface area contributed by atoms with Crippen LogP contribution in [-0.2, 0) is 12.3 Å². The Morgan fingerprint density at radius 3 is 2.48 bits per heavy atom. The highest BCUT2D eigenvalue weighted by Crippen LogP contribution is 2.27. The lowest BCUT2D eigenvalue weighted by atomic mass is 10.1. The maximum absolute atomic E-state index is 13.9. The molecule has 0 saturated heterocycles. The zero-order chi connectivity index (χ0) is 20.2. The van der Waals surface area contributed by atoms with Gasteiger partial charge in [-0.1, -0.05) is 60.3 Å². The van der Waals surface area contributed by atoms with Gasteiger partial charge >= 0.3 is 0 Å². The summed E-state index contributed by atoms with van der Waals surface area (Å²) in [5.74, 6) is 0.0800. The summed E-state index contributed by atoms with van der Waals surface area (Å²) in [7, 11) is 1.68. The van der Waals surface area contributed by atoms with Gasteiger partial charge in [-0.2, -0.15) is 0 Å². The molecular formula is C23H19FN2O2S. The van der Waals surface area contributed by atoms with Crippen molar-refractivity contribution < 1.29 is 13.6 Å². The van der Waals surface area contributed by atoms with Crippen LogP contribution in [0.2, 0.25) is 0 Å².